The van der Waals surface area contributed by atoms with E-state index < -0.39 is 5.72 Å². The molecule has 0 heterocycles. The van der Waals surface area contributed by atoms with E-state index in [0.29, 0.717) is 34.7 Å². The Kier molecular flexibility index (Phi) is 12.0. The van der Waals surface area contributed by atoms with Crippen molar-refractivity contribution in [2.45, 2.75) is 71.0 Å². The van der Waals surface area contributed by atoms with E-state index in [4.69, 9.17) is 34.9 Å². The zero-order valence-electron chi connectivity index (χ0n) is 22.3. The van der Waals surface area contributed by atoms with E-state index in [1.807, 2.05) is 44.4 Å². The summed E-state index contributed by atoms with van der Waals surface area (Å²) in [6.45, 7) is 14.5. The van der Waals surface area contributed by atoms with Gasteiger partial charge in [-0.05, 0) is 76.9 Å². The molecular weight excluding hydrogens is 499 g/mol. The predicted molar refractivity (Wildman–Crippen MR) is 158 cm³/mol. The third kappa shape index (κ3) is 10.8. The molecule has 0 saturated carbocycles. The summed E-state index contributed by atoms with van der Waals surface area (Å²) in [4.78, 5) is 1.16. The fourth-order valence-electron chi connectivity index (χ4n) is 2.59. The molecular formula is C24H41N7OS3. The summed E-state index contributed by atoms with van der Waals surface area (Å²) in [5, 5.41) is 15.8. The van der Waals surface area contributed by atoms with Crippen molar-refractivity contribution in [1.82, 2.24) is 21.5 Å². The van der Waals surface area contributed by atoms with E-state index in [-0.39, 0.29) is 11.0 Å². The number of thioether (sulfide) groups is 1. The molecule has 35 heavy (non-hydrogen) atoms. The molecule has 196 valence electrons. The van der Waals surface area contributed by atoms with Gasteiger partial charge in [-0.25, -0.2) is 0 Å². The number of nitrogens with zero attached hydrogens (tertiary/aromatic N) is 2. The van der Waals surface area contributed by atoms with Crippen LogP contribution in [0.2, 0.25) is 0 Å². The van der Waals surface area contributed by atoms with E-state index >= 15 is 0 Å². The summed E-state index contributed by atoms with van der Waals surface area (Å²) < 4.78 is 5.97. The van der Waals surface area contributed by atoms with Crippen molar-refractivity contribution in [2.24, 2.45) is 21.4 Å². The Morgan fingerprint density at radius 2 is 1.57 bits per heavy atom. The lowest BCUT2D eigenvalue weighted by atomic mass is 9.85. The summed E-state index contributed by atoms with van der Waals surface area (Å²) >= 11 is 12.3. The van der Waals surface area contributed by atoms with Crippen LogP contribution in [0.25, 0.3) is 0 Å². The van der Waals surface area contributed by atoms with Gasteiger partial charge in [0.05, 0.1) is 12.3 Å². The van der Waals surface area contributed by atoms with Crippen molar-refractivity contribution in [2.75, 3.05) is 19.9 Å². The van der Waals surface area contributed by atoms with Gasteiger partial charge in [0.25, 0.3) is 0 Å². The van der Waals surface area contributed by atoms with Gasteiger partial charge in [0.15, 0.2) is 10.2 Å². The van der Waals surface area contributed by atoms with Crippen LogP contribution in [0.15, 0.2) is 39.4 Å². The smallest absolute Gasteiger partial charge is 0.187 e. The van der Waals surface area contributed by atoms with Crippen LogP contribution in [0.1, 0.15) is 60.5 Å². The van der Waals surface area contributed by atoms with Crippen molar-refractivity contribution in [3.05, 3.63) is 29.8 Å². The SMILES string of the molecule is CNC(=S)N/N=C(/C(C)=N/NC(=S)NC(C)(C)CCOC(C)(N)C(C)(C)C)c1ccc(SC)cc1. The number of hydrogen-bond donors (Lipinski definition) is 5. The van der Waals surface area contributed by atoms with Crippen molar-refractivity contribution >= 4 is 57.8 Å². The Labute approximate surface area is 225 Å². The molecule has 6 N–H and O–H groups in total. The maximum Gasteiger partial charge on any atom is 0.187 e. The minimum atomic E-state index is -0.726. The van der Waals surface area contributed by atoms with Crippen molar-refractivity contribution in [3.8, 4) is 0 Å². The van der Waals surface area contributed by atoms with Crippen LogP contribution >= 0.6 is 36.2 Å². The molecule has 0 saturated heterocycles. The van der Waals surface area contributed by atoms with Gasteiger partial charge < -0.3 is 21.1 Å². The van der Waals surface area contributed by atoms with E-state index in [9.17, 15) is 0 Å². The number of thiocarbonyl (C=S) groups is 2. The summed E-state index contributed by atoms with van der Waals surface area (Å²) in [5.74, 6) is 0. The molecule has 1 aromatic rings. The molecule has 1 rings (SSSR count). The maximum atomic E-state index is 6.32. The van der Waals surface area contributed by atoms with Crippen LogP contribution in [0.5, 0.6) is 0 Å². The number of ether oxygens (including phenoxy) is 1. The second kappa shape index (κ2) is 13.5. The van der Waals surface area contributed by atoms with Gasteiger partial charge in [0, 0.05) is 28.5 Å². The number of hydrogen-bond acceptors (Lipinski definition) is 7. The molecule has 0 amide bonds. The lowest BCUT2D eigenvalue weighted by Gasteiger charge is -2.39. The lowest BCUT2D eigenvalue weighted by Crippen LogP contribution is -2.52. The van der Waals surface area contributed by atoms with E-state index in [2.05, 4.69) is 66.3 Å². The summed E-state index contributed by atoms with van der Waals surface area (Å²) in [6.07, 6.45) is 2.74. The Balaban J connectivity index is 2.85. The van der Waals surface area contributed by atoms with Crippen LogP contribution in [0.4, 0.5) is 0 Å². The average molecular weight is 540 g/mol. The number of benzene rings is 1. The average Bonchev–Trinajstić information content (AvgIpc) is 2.76. The van der Waals surface area contributed by atoms with Crippen LogP contribution < -0.4 is 27.2 Å². The molecule has 0 aliphatic carbocycles. The minimum absolute atomic E-state index is 0.172. The summed E-state index contributed by atoms with van der Waals surface area (Å²) in [7, 11) is 1.73. The summed E-state index contributed by atoms with van der Waals surface area (Å²) in [6, 6.07) is 8.07. The quantitative estimate of drug-likeness (QED) is 0.0993. The molecule has 1 unspecified atom stereocenters. The molecule has 0 aliphatic rings. The monoisotopic (exact) mass is 539 g/mol. The normalized spacial score (nSPS) is 14.7. The molecule has 0 fully saturated rings. The zero-order chi connectivity index (χ0) is 26.9. The first kappa shape index (κ1) is 31.2. The van der Waals surface area contributed by atoms with Crippen LogP contribution in [-0.4, -0.2) is 52.8 Å². The second-order valence-electron chi connectivity index (χ2n) is 9.98. The Morgan fingerprint density at radius 1 is 1.00 bits per heavy atom. The minimum Gasteiger partial charge on any atom is -0.364 e. The van der Waals surface area contributed by atoms with Gasteiger partial charge in [-0.1, -0.05) is 32.9 Å². The molecule has 0 aliphatic heterocycles. The first-order valence-corrected chi connectivity index (χ1v) is 13.4. The highest BCUT2D eigenvalue weighted by molar-refractivity contribution is 7.98. The highest BCUT2D eigenvalue weighted by Gasteiger charge is 2.35. The van der Waals surface area contributed by atoms with Gasteiger partial charge >= 0.3 is 0 Å². The standard InChI is InChI=1S/C24H41N7OS3/c1-16(19(29-30-20(33)26-8)17-10-12-18(35-9)13-11-17)28-31-21(34)27-23(5,6)14-15-32-24(7,25)22(2,3)4/h10-13H,14-15,25H2,1-9H3,(H2,26,30,33)(H2,27,31,34)/b28-16+,29-19-. The van der Waals surface area contributed by atoms with Crippen LogP contribution in [0.3, 0.4) is 0 Å². The largest absolute Gasteiger partial charge is 0.364 e. The topological polar surface area (TPSA) is 108 Å². The van der Waals surface area contributed by atoms with Crippen LogP contribution in [-0.2, 0) is 4.74 Å². The fourth-order valence-corrected chi connectivity index (χ4v) is 3.36. The van der Waals surface area contributed by atoms with Gasteiger partial charge in [-0.2, -0.15) is 10.2 Å². The van der Waals surface area contributed by atoms with Gasteiger partial charge in [0.2, 0.25) is 0 Å². The number of hydrazone groups is 2. The molecule has 11 heteroatoms. The maximum absolute atomic E-state index is 6.32. The van der Waals surface area contributed by atoms with Crippen LogP contribution in [0, 0.1) is 5.41 Å². The second-order valence-corrected chi connectivity index (χ2v) is 11.7. The highest BCUT2D eigenvalue weighted by Crippen LogP contribution is 2.29. The van der Waals surface area contributed by atoms with E-state index in [1.54, 1.807) is 18.8 Å². The Morgan fingerprint density at radius 3 is 2.09 bits per heavy atom. The van der Waals surface area contributed by atoms with E-state index in [1.165, 1.54) is 0 Å². The van der Waals surface area contributed by atoms with Gasteiger partial charge in [-0.3, -0.25) is 10.9 Å². The Bertz CT molecular complexity index is 920. The molecule has 0 spiro atoms. The first-order chi connectivity index (χ1) is 16.1. The lowest BCUT2D eigenvalue weighted by molar-refractivity contribution is -0.103. The third-order valence-corrected chi connectivity index (χ3v) is 6.83. The molecule has 0 aromatic heterocycles. The number of rotatable bonds is 10. The Hall–Kier alpha value is -1.79. The van der Waals surface area contributed by atoms with Gasteiger partial charge in [-0.15, -0.1) is 11.8 Å². The molecule has 0 bridgehead atoms. The summed E-state index contributed by atoms with van der Waals surface area (Å²) in [5.41, 5.74) is 13.0. The molecule has 1 aromatic carbocycles. The molecule has 1 atom stereocenters. The molecule has 0 radical (unpaired) electrons. The number of nitrogens with one attached hydrogen (secondary N) is 4. The zero-order valence-corrected chi connectivity index (χ0v) is 24.8. The first-order valence-electron chi connectivity index (χ1n) is 11.4. The fraction of sp³-hybridized carbons (Fsp3) is 0.583. The number of nitrogens with two attached hydrogens (primary N) is 1. The van der Waals surface area contributed by atoms with Crippen molar-refractivity contribution in [1.29, 1.82) is 0 Å². The van der Waals surface area contributed by atoms with E-state index in [0.717, 1.165) is 10.5 Å². The van der Waals surface area contributed by atoms with Crippen molar-refractivity contribution < 1.29 is 4.74 Å². The van der Waals surface area contributed by atoms with Crippen molar-refractivity contribution in [3.63, 3.8) is 0 Å². The predicted octanol–water partition coefficient (Wildman–Crippen LogP) is 3.95. The molecule has 8 nitrogen and oxygen atoms in total. The highest BCUT2D eigenvalue weighted by atomic mass is 32.2. The van der Waals surface area contributed by atoms with Gasteiger partial charge in [0.1, 0.15) is 11.4 Å². The third-order valence-electron chi connectivity index (χ3n) is 5.60.